The molecule has 0 saturated carbocycles. The summed E-state index contributed by atoms with van der Waals surface area (Å²) >= 11 is 0. The summed E-state index contributed by atoms with van der Waals surface area (Å²) in [5.41, 5.74) is 11.4. The summed E-state index contributed by atoms with van der Waals surface area (Å²) in [5.74, 6) is -4.01. The standard InChI is InChI=1S/C21H33N7O6/c1-3-11(2)17(19(31)26-14(21(33)34)7-12-9-24-10-25-12)27-18(30)15-5-4-6-28(15)20(32)13(22)8-16(23)29/h9-11,13-15,17H,3-8,22H2,1-2H3,(H2,23,29)(H,24,25)(H,26,31)(H,27,30)(H,33,34). The maximum atomic E-state index is 13.1. The van der Waals surface area contributed by atoms with Crippen molar-refractivity contribution in [3.8, 4) is 0 Å². The van der Waals surface area contributed by atoms with E-state index in [1.54, 1.807) is 6.92 Å². The highest BCUT2D eigenvalue weighted by molar-refractivity contribution is 5.95. The van der Waals surface area contributed by atoms with E-state index in [-0.39, 0.29) is 25.3 Å². The van der Waals surface area contributed by atoms with E-state index in [1.165, 1.54) is 17.4 Å². The number of nitrogens with zero attached hydrogens (tertiary/aromatic N) is 2. The van der Waals surface area contributed by atoms with Gasteiger partial charge in [0.05, 0.1) is 18.8 Å². The first-order valence-corrected chi connectivity index (χ1v) is 11.2. The molecule has 1 aliphatic heterocycles. The van der Waals surface area contributed by atoms with Crippen LogP contribution < -0.4 is 22.1 Å². The average molecular weight is 480 g/mol. The third-order valence-corrected chi connectivity index (χ3v) is 5.96. The molecule has 4 amide bonds. The third kappa shape index (κ3) is 7.01. The summed E-state index contributed by atoms with van der Waals surface area (Å²) in [5, 5.41) is 14.7. The largest absolute Gasteiger partial charge is 0.480 e. The maximum absolute atomic E-state index is 13.1. The number of primary amides is 1. The van der Waals surface area contributed by atoms with Crippen LogP contribution in [0.15, 0.2) is 12.5 Å². The molecular formula is C21H33N7O6. The molecule has 1 aliphatic rings. The molecule has 0 spiro atoms. The minimum atomic E-state index is -1.23. The van der Waals surface area contributed by atoms with Crippen LogP contribution in [0.25, 0.3) is 0 Å². The van der Waals surface area contributed by atoms with Crippen LogP contribution in [0, 0.1) is 5.92 Å². The average Bonchev–Trinajstić information content (AvgIpc) is 3.47. The Kier molecular flexibility index (Phi) is 9.54. The highest BCUT2D eigenvalue weighted by Gasteiger charge is 2.39. The Balaban J connectivity index is 2.11. The maximum Gasteiger partial charge on any atom is 0.326 e. The normalized spacial score (nSPS) is 19.0. The van der Waals surface area contributed by atoms with E-state index in [1.807, 2.05) is 6.92 Å². The summed E-state index contributed by atoms with van der Waals surface area (Å²) in [6, 6.07) is -4.25. The number of carboxylic acids is 1. The highest BCUT2D eigenvalue weighted by Crippen LogP contribution is 2.20. The number of aliphatic carboxylic acids is 1. The second-order valence-electron chi connectivity index (χ2n) is 8.52. The molecule has 1 fully saturated rings. The molecule has 13 heteroatoms. The van der Waals surface area contributed by atoms with Crippen molar-refractivity contribution in [3.05, 3.63) is 18.2 Å². The number of likely N-dealkylation sites (tertiary alicyclic amines) is 1. The van der Waals surface area contributed by atoms with Crippen LogP contribution >= 0.6 is 0 Å². The minimum Gasteiger partial charge on any atom is -0.480 e. The topological polar surface area (TPSA) is 214 Å². The van der Waals surface area contributed by atoms with Gasteiger partial charge in [-0.1, -0.05) is 20.3 Å². The molecule has 5 unspecified atom stereocenters. The zero-order valence-electron chi connectivity index (χ0n) is 19.3. The van der Waals surface area contributed by atoms with E-state index in [9.17, 15) is 29.1 Å². The van der Waals surface area contributed by atoms with Crippen LogP contribution in [0.3, 0.4) is 0 Å². The number of aromatic amines is 1. The summed E-state index contributed by atoms with van der Waals surface area (Å²) in [7, 11) is 0. The van der Waals surface area contributed by atoms with Gasteiger partial charge >= 0.3 is 5.97 Å². The molecule has 2 rings (SSSR count). The number of carbonyl (C=O) groups is 5. The van der Waals surface area contributed by atoms with Crippen molar-refractivity contribution >= 4 is 29.6 Å². The molecule has 1 aromatic heterocycles. The molecule has 0 aliphatic carbocycles. The van der Waals surface area contributed by atoms with Crippen LogP contribution in [0.5, 0.6) is 0 Å². The first-order valence-electron chi connectivity index (χ1n) is 11.2. The lowest BCUT2D eigenvalue weighted by Gasteiger charge is -2.30. The smallest absolute Gasteiger partial charge is 0.326 e. The number of nitrogens with two attached hydrogens (primary N) is 2. The van der Waals surface area contributed by atoms with Crippen molar-refractivity contribution in [2.24, 2.45) is 17.4 Å². The molecule has 0 bridgehead atoms. The van der Waals surface area contributed by atoms with E-state index in [0.717, 1.165) is 0 Å². The summed E-state index contributed by atoms with van der Waals surface area (Å²) in [6.45, 7) is 3.88. The number of hydrogen-bond acceptors (Lipinski definition) is 7. The fourth-order valence-corrected chi connectivity index (χ4v) is 3.85. The predicted octanol–water partition coefficient (Wildman–Crippen LogP) is -1.75. The van der Waals surface area contributed by atoms with Crippen molar-refractivity contribution in [1.82, 2.24) is 25.5 Å². The van der Waals surface area contributed by atoms with Gasteiger partial charge < -0.3 is 37.1 Å². The zero-order valence-corrected chi connectivity index (χ0v) is 19.3. The van der Waals surface area contributed by atoms with Crippen molar-refractivity contribution in [1.29, 1.82) is 0 Å². The van der Waals surface area contributed by atoms with Crippen molar-refractivity contribution in [3.63, 3.8) is 0 Å². The lowest BCUT2D eigenvalue weighted by molar-refractivity contribution is -0.143. The molecule has 34 heavy (non-hydrogen) atoms. The van der Waals surface area contributed by atoms with Crippen LogP contribution in [-0.4, -0.2) is 80.3 Å². The Labute approximate surface area is 197 Å². The SMILES string of the molecule is CCC(C)C(NC(=O)C1CCCN1C(=O)C(N)CC(N)=O)C(=O)NC(Cc1cnc[nH]1)C(=O)O. The van der Waals surface area contributed by atoms with Gasteiger partial charge in [-0.2, -0.15) is 0 Å². The van der Waals surface area contributed by atoms with Crippen molar-refractivity contribution in [2.75, 3.05) is 6.54 Å². The van der Waals surface area contributed by atoms with E-state index >= 15 is 0 Å². The Hall–Kier alpha value is -3.48. The van der Waals surface area contributed by atoms with Crippen molar-refractivity contribution in [2.45, 2.75) is 70.1 Å². The summed E-state index contributed by atoms with van der Waals surface area (Å²) in [4.78, 5) is 69.4. The fraction of sp³-hybridized carbons (Fsp3) is 0.619. The molecule has 0 aromatic carbocycles. The van der Waals surface area contributed by atoms with Gasteiger partial charge in [-0.05, 0) is 18.8 Å². The van der Waals surface area contributed by atoms with Gasteiger partial charge in [-0.3, -0.25) is 19.2 Å². The highest BCUT2D eigenvalue weighted by atomic mass is 16.4. The van der Waals surface area contributed by atoms with Gasteiger partial charge in [-0.25, -0.2) is 9.78 Å². The number of carboxylic acid groups (broad SMARTS) is 1. The van der Waals surface area contributed by atoms with E-state index in [4.69, 9.17) is 11.5 Å². The molecule has 13 nitrogen and oxygen atoms in total. The monoisotopic (exact) mass is 479 g/mol. The van der Waals surface area contributed by atoms with Crippen molar-refractivity contribution < 1.29 is 29.1 Å². The number of nitrogens with one attached hydrogen (secondary N) is 3. The minimum absolute atomic E-state index is 0.00903. The zero-order chi connectivity index (χ0) is 25.4. The number of imidazole rings is 1. The van der Waals surface area contributed by atoms with Gasteiger partial charge in [0.25, 0.3) is 0 Å². The molecule has 2 heterocycles. The number of carbonyl (C=O) groups excluding carboxylic acids is 4. The Bertz CT molecular complexity index is 890. The van der Waals surface area contributed by atoms with E-state index in [2.05, 4.69) is 20.6 Å². The molecule has 1 saturated heterocycles. The molecule has 5 atom stereocenters. The number of H-pyrrole nitrogens is 1. The van der Waals surface area contributed by atoms with E-state index in [0.29, 0.717) is 25.0 Å². The van der Waals surface area contributed by atoms with Gasteiger partial charge in [0.2, 0.25) is 23.6 Å². The Morgan fingerprint density at radius 2 is 2.00 bits per heavy atom. The lowest BCUT2D eigenvalue weighted by Crippen LogP contribution is -2.58. The van der Waals surface area contributed by atoms with Crippen LogP contribution in [-0.2, 0) is 30.4 Å². The summed E-state index contributed by atoms with van der Waals surface area (Å²) in [6.07, 6.45) is 3.98. The number of rotatable bonds is 12. The fourth-order valence-electron chi connectivity index (χ4n) is 3.85. The van der Waals surface area contributed by atoms with Gasteiger partial charge in [0.1, 0.15) is 18.1 Å². The quantitative estimate of drug-likeness (QED) is 0.202. The van der Waals surface area contributed by atoms with Gasteiger partial charge in [0.15, 0.2) is 0 Å². The Morgan fingerprint density at radius 1 is 1.29 bits per heavy atom. The van der Waals surface area contributed by atoms with Gasteiger partial charge in [0, 0.05) is 24.9 Å². The third-order valence-electron chi connectivity index (χ3n) is 5.96. The summed E-state index contributed by atoms with van der Waals surface area (Å²) < 4.78 is 0. The van der Waals surface area contributed by atoms with Gasteiger partial charge in [-0.15, -0.1) is 0 Å². The first kappa shape index (κ1) is 26.8. The molecule has 0 radical (unpaired) electrons. The second kappa shape index (κ2) is 12.1. The van der Waals surface area contributed by atoms with E-state index < -0.39 is 53.8 Å². The first-order chi connectivity index (χ1) is 16.0. The molecule has 188 valence electrons. The second-order valence-corrected chi connectivity index (χ2v) is 8.52. The molecular weight excluding hydrogens is 446 g/mol. The molecule has 1 aromatic rings. The van der Waals surface area contributed by atoms with Crippen LogP contribution in [0.2, 0.25) is 0 Å². The lowest BCUT2D eigenvalue weighted by atomic mass is 9.97. The predicted molar refractivity (Wildman–Crippen MR) is 120 cm³/mol. The number of amides is 4. The number of aromatic nitrogens is 2. The molecule has 8 N–H and O–H groups in total. The van der Waals surface area contributed by atoms with Crippen LogP contribution in [0.1, 0.15) is 45.2 Å². The number of hydrogen-bond donors (Lipinski definition) is 6. The Morgan fingerprint density at radius 3 is 2.56 bits per heavy atom. The van der Waals surface area contributed by atoms with Crippen LogP contribution in [0.4, 0.5) is 0 Å².